The Morgan fingerprint density at radius 3 is 2.65 bits per heavy atom. The quantitative estimate of drug-likeness (QED) is 0.613. The SMILES string of the molecule is CC(C)Cc1nc(CSc2ccccc2)[nH]c(=O)c1I. The van der Waals surface area contributed by atoms with Crippen LogP contribution in [-0.2, 0) is 12.2 Å². The molecule has 0 fully saturated rings. The standard InChI is InChI=1S/C15H17IN2OS/c1-10(2)8-12-14(16)15(19)18-13(17-12)9-20-11-6-4-3-5-7-11/h3-7,10H,8-9H2,1-2H3,(H,17,18,19). The molecule has 1 heterocycles. The molecule has 5 heteroatoms. The van der Waals surface area contributed by atoms with Crippen LogP contribution in [0.4, 0.5) is 0 Å². The Morgan fingerprint density at radius 2 is 2.00 bits per heavy atom. The van der Waals surface area contributed by atoms with E-state index in [9.17, 15) is 4.79 Å². The Morgan fingerprint density at radius 1 is 1.30 bits per heavy atom. The summed E-state index contributed by atoms with van der Waals surface area (Å²) in [7, 11) is 0. The molecular weight excluding hydrogens is 383 g/mol. The normalized spacial score (nSPS) is 11.0. The van der Waals surface area contributed by atoms with Crippen LogP contribution < -0.4 is 5.56 Å². The minimum absolute atomic E-state index is 0.0279. The Hall–Kier alpha value is -0.820. The lowest BCUT2D eigenvalue weighted by molar-refractivity contribution is 0.627. The van der Waals surface area contributed by atoms with Crippen LogP contribution in [-0.4, -0.2) is 9.97 Å². The average molecular weight is 400 g/mol. The van der Waals surface area contributed by atoms with Crippen molar-refractivity contribution in [3.8, 4) is 0 Å². The highest BCUT2D eigenvalue weighted by Gasteiger charge is 2.10. The molecule has 106 valence electrons. The Labute approximate surface area is 136 Å². The number of aromatic nitrogens is 2. The summed E-state index contributed by atoms with van der Waals surface area (Å²) in [6, 6.07) is 10.1. The molecule has 0 bridgehead atoms. The Balaban J connectivity index is 2.16. The minimum atomic E-state index is -0.0279. The number of halogens is 1. The number of rotatable bonds is 5. The van der Waals surface area contributed by atoms with E-state index in [2.05, 4.69) is 58.5 Å². The van der Waals surface area contributed by atoms with Gasteiger partial charge in [-0.05, 0) is 47.1 Å². The van der Waals surface area contributed by atoms with E-state index >= 15 is 0 Å². The Bertz CT molecular complexity index is 626. The third-order valence-electron chi connectivity index (χ3n) is 2.70. The zero-order valence-electron chi connectivity index (χ0n) is 11.5. The van der Waals surface area contributed by atoms with Crippen LogP contribution >= 0.6 is 34.4 Å². The fourth-order valence-electron chi connectivity index (χ4n) is 1.82. The van der Waals surface area contributed by atoms with Crippen LogP contribution in [0.25, 0.3) is 0 Å². The number of nitrogens with zero attached hydrogens (tertiary/aromatic N) is 1. The number of aromatic amines is 1. The fraction of sp³-hybridized carbons (Fsp3) is 0.333. The maximum atomic E-state index is 11.9. The second-order valence-corrected chi connectivity index (χ2v) is 7.10. The van der Waals surface area contributed by atoms with Gasteiger partial charge in [-0.25, -0.2) is 4.98 Å². The summed E-state index contributed by atoms with van der Waals surface area (Å²) >= 11 is 3.76. The van der Waals surface area contributed by atoms with Crippen molar-refractivity contribution in [3.63, 3.8) is 0 Å². The highest BCUT2D eigenvalue weighted by molar-refractivity contribution is 14.1. The van der Waals surface area contributed by atoms with Gasteiger partial charge < -0.3 is 4.98 Å². The number of H-pyrrole nitrogens is 1. The van der Waals surface area contributed by atoms with Crippen LogP contribution in [0, 0.1) is 9.49 Å². The molecule has 0 saturated carbocycles. The first-order valence-electron chi connectivity index (χ1n) is 6.51. The molecule has 0 amide bonds. The van der Waals surface area contributed by atoms with Gasteiger partial charge in [0.25, 0.3) is 5.56 Å². The van der Waals surface area contributed by atoms with E-state index in [1.165, 1.54) is 4.90 Å². The van der Waals surface area contributed by atoms with E-state index < -0.39 is 0 Å². The summed E-state index contributed by atoms with van der Waals surface area (Å²) in [5, 5.41) is 0. The van der Waals surface area contributed by atoms with E-state index in [-0.39, 0.29) is 5.56 Å². The van der Waals surface area contributed by atoms with Crippen molar-refractivity contribution in [1.29, 1.82) is 0 Å². The van der Waals surface area contributed by atoms with Gasteiger partial charge in [0, 0.05) is 4.90 Å². The summed E-state index contributed by atoms with van der Waals surface area (Å²) < 4.78 is 0.713. The lowest BCUT2D eigenvalue weighted by Gasteiger charge is -2.08. The highest BCUT2D eigenvalue weighted by atomic mass is 127. The van der Waals surface area contributed by atoms with Crippen LogP contribution in [0.3, 0.4) is 0 Å². The summed E-state index contributed by atoms with van der Waals surface area (Å²) in [6.07, 6.45) is 0.838. The first kappa shape index (κ1) is 15.6. The van der Waals surface area contributed by atoms with Crippen molar-refractivity contribution >= 4 is 34.4 Å². The molecular formula is C15H17IN2OS. The van der Waals surface area contributed by atoms with Crippen LogP contribution in [0.5, 0.6) is 0 Å². The van der Waals surface area contributed by atoms with E-state index in [1.54, 1.807) is 11.8 Å². The van der Waals surface area contributed by atoms with Crippen LogP contribution in [0.2, 0.25) is 0 Å². The largest absolute Gasteiger partial charge is 0.309 e. The number of thioether (sulfide) groups is 1. The smallest absolute Gasteiger partial charge is 0.264 e. The van der Waals surface area contributed by atoms with Crippen molar-refractivity contribution in [2.24, 2.45) is 5.92 Å². The number of benzene rings is 1. The molecule has 0 aliphatic rings. The van der Waals surface area contributed by atoms with Crippen LogP contribution in [0.15, 0.2) is 40.0 Å². The molecule has 0 saturated heterocycles. The minimum Gasteiger partial charge on any atom is -0.309 e. The van der Waals surface area contributed by atoms with Gasteiger partial charge in [0.15, 0.2) is 0 Å². The summed E-state index contributed by atoms with van der Waals surface area (Å²) in [4.78, 5) is 20.6. The van der Waals surface area contributed by atoms with E-state index in [0.717, 1.165) is 17.9 Å². The Kier molecular flexibility index (Phi) is 5.65. The van der Waals surface area contributed by atoms with Crippen molar-refractivity contribution < 1.29 is 0 Å². The maximum absolute atomic E-state index is 11.9. The molecule has 2 rings (SSSR count). The van der Waals surface area contributed by atoms with Crippen molar-refractivity contribution in [2.45, 2.75) is 30.9 Å². The zero-order chi connectivity index (χ0) is 14.5. The summed E-state index contributed by atoms with van der Waals surface area (Å²) in [5.41, 5.74) is 0.882. The number of nitrogens with one attached hydrogen (secondary N) is 1. The second-order valence-electron chi connectivity index (χ2n) is 4.97. The number of hydrogen-bond donors (Lipinski definition) is 1. The van der Waals surface area contributed by atoms with Gasteiger partial charge in [-0.15, -0.1) is 11.8 Å². The predicted octanol–water partition coefficient (Wildman–Crippen LogP) is 3.87. The van der Waals surface area contributed by atoms with Gasteiger partial charge >= 0.3 is 0 Å². The molecule has 0 unspecified atom stereocenters. The van der Waals surface area contributed by atoms with Crippen LogP contribution in [0.1, 0.15) is 25.4 Å². The van der Waals surface area contributed by atoms with Gasteiger partial charge in [0.2, 0.25) is 0 Å². The monoisotopic (exact) mass is 400 g/mol. The predicted molar refractivity (Wildman–Crippen MR) is 92.1 cm³/mol. The van der Waals surface area contributed by atoms with E-state index in [0.29, 0.717) is 15.2 Å². The second kappa shape index (κ2) is 7.26. The molecule has 0 atom stereocenters. The fourth-order valence-corrected chi connectivity index (χ4v) is 3.08. The topological polar surface area (TPSA) is 45.8 Å². The van der Waals surface area contributed by atoms with Gasteiger partial charge in [0.05, 0.1) is 15.0 Å². The molecule has 0 spiro atoms. The van der Waals surface area contributed by atoms with E-state index in [1.807, 2.05) is 18.2 Å². The van der Waals surface area contributed by atoms with Crippen molar-refractivity contribution in [2.75, 3.05) is 0 Å². The van der Waals surface area contributed by atoms with E-state index in [4.69, 9.17) is 0 Å². The molecule has 20 heavy (non-hydrogen) atoms. The van der Waals surface area contributed by atoms with Gasteiger partial charge in [-0.2, -0.15) is 0 Å². The maximum Gasteiger partial charge on any atom is 0.264 e. The third-order valence-corrected chi connectivity index (χ3v) is 4.84. The molecule has 3 nitrogen and oxygen atoms in total. The molecule has 0 aliphatic carbocycles. The lowest BCUT2D eigenvalue weighted by Crippen LogP contribution is -2.18. The molecule has 2 aromatic rings. The molecule has 1 aromatic heterocycles. The summed E-state index contributed by atoms with van der Waals surface area (Å²) in [6.45, 7) is 4.27. The molecule has 0 radical (unpaired) electrons. The lowest BCUT2D eigenvalue weighted by atomic mass is 10.1. The molecule has 0 aliphatic heterocycles. The average Bonchev–Trinajstić information content (AvgIpc) is 2.42. The van der Waals surface area contributed by atoms with Crippen molar-refractivity contribution in [1.82, 2.24) is 9.97 Å². The molecule has 1 aromatic carbocycles. The highest BCUT2D eigenvalue weighted by Crippen LogP contribution is 2.21. The molecule has 1 N–H and O–H groups in total. The number of hydrogen-bond acceptors (Lipinski definition) is 3. The first-order valence-corrected chi connectivity index (χ1v) is 8.58. The van der Waals surface area contributed by atoms with Gasteiger partial charge in [-0.1, -0.05) is 32.0 Å². The van der Waals surface area contributed by atoms with Gasteiger partial charge in [0.1, 0.15) is 5.82 Å². The summed E-state index contributed by atoms with van der Waals surface area (Å²) in [5.74, 6) is 1.92. The zero-order valence-corrected chi connectivity index (χ0v) is 14.5. The first-order chi connectivity index (χ1) is 9.56. The van der Waals surface area contributed by atoms with Crippen molar-refractivity contribution in [3.05, 3.63) is 55.8 Å². The van der Waals surface area contributed by atoms with Gasteiger partial charge in [-0.3, -0.25) is 4.79 Å². The third kappa shape index (κ3) is 4.34.